The Kier molecular flexibility index (Phi) is 4.13. The molecule has 3 atom stereocenters. The van der Waals surface area contributed by atoms with Gasteiger partial charge in [-0.05, 0) is 38.2 Å². The van der Waals surface area contributed by atoms with E-state index in [1.165, 1.54) is 18.5 Å². The third-order valence-electron chi connectivity index (χ3n) is 4.37. The smallest absolute Gasteiger partial charge is 0.118 e. The van der Waals surface area contributed by atoms with Crippen molar-refractivity contribution in [2.75, 3.05) is 6.54 Å². The van der Waals surface area contributed by atoms with E-state index in [1.54, 1.807) is 0 Å². The molecule has 0 bridgehead atoms. The van der Waals surface area contributed by atoms with Gasteiger partial charge >= 0.3 is 0 Å². The Balaban J connectivity index is 2.09. The molecule has 2 N–H and O–H groups in total. The minimum Gasteiger partial charge on any atom is -0.465 e. The first-order chi connectivity index (χ1) is 8.51. The molecule has 0 saturated carbocycles. The zero-order chi connectivity index (χ0) is 13.3. The summed E-state index contributed by atoms with van der Waals surface area (Å²) in [5, 5.41) is 0. The van der Waals surface area contributed by atoms with Crippen LogP contribution in [0.3, 0.4) is 0 Å². The van der Waals surface area contributed by atoms with Crippen LogP contribution in [0.4, 0.5) is 0 Å². The van der Waals surface area contributed by atoms with Gasteiger partial charge in [0.05, 0.1) is 6.54 Å². The predicted molar refractivity (Wildman–Crippen MR) is 74.2 cm³/mol. The van der Waals surface area contributed by atoms with Crippen molar-refractivity contribution < 1.29 is 4.42 Å². The van der Waals surface area contributed by atoms with E-state index in [4.69, 9.17) is 10.2 Å². The monoisotopic (exact) mass is 250 g/mol. The Morgan fingerprint density at radius 1 is 1.39 bits per heavy atom. The molecule has 0 aromatic carbocycles. The third kappa shape index (κ3) is 2.78. The summed E-state index contributed by atoms with van der Waals surface area (Å²) in [5.41, 5.74) is 6.92. The minimum absolute atomic E-state index is 0.489. The van der Waals surface area contributed by atoms with Crippen LogP contribution >= 0.6 is 0 Å². The average molecular weight is 250 g/mol. The molecular formula is C15H26N2O. The molecule has 18 heavy (non-hydrogen) atoms. The molecule has 0 radical (unpaired) electrons. The molecule has 3 unspecified atom stereocenters. The highest BCUT2D eigenvalue weighted by molar-refractivity contribution is 5.21. The maximum absolute atomic E-state index is 5.64. The zero-order valence-corrected chi connectivity index (χ0v) is 12.1. The van der Waals surface area contributed by atoms with Crippen LogP contribution < -0.4 is 5.73 Å². The van der Waals surface area contributed by atoms with Gasteiger partial charge in [-0.15, -0.1) is 0 Å². The lowest BCUT2D eigenvalue weighted by Gasteiger charge is -2.41. The fourth-order valence-electron chi connectivity index (χ4n) is 3.11. The molecule has 1 aromatic rings. The second-order valence-corrected chi connectivity index (χ2v) is 5.99. The van der Waals surface area contributed by atoms with Crippen molar-refractivity contribution in [2.45, 2.75) is 53.2 Å². The number of hydrogen-bond donors (Lipinski definition) is 1. The van der Waals surface area contributed by atoms with E-state index >= 15 is 0 Å². The van der Waals surface area contributed by atoms with Crippen LogP contribution in [0.5, 0.6) is 0 Å². The Hall–Kier alpha value is -0.800. The molecule has 1 saturated heterocycles. The van der Waals surface area contributed by atoms with Gasteiger partial charge in [0, 0.05) is 24.7 Å². The molecule has 0 amide bonds. The van der Waals surface area contributed by atoms with E-state index in [0.717, 1.165) is 29.9 Å². The first-order valence-electron chi connectivity index (χ1n) is 7.03. The van der Waals surface area contributed by atoms with Gasteiger partial charge in [0.15, 0.2) is 0 Å². The van der Waals surface area contributed by atoms with Crippen LogP contribution in [0, 0.1) is 18.8 Å². The summed E-state index contributed by atoms with van der Waals surface area (Å²) in [6.45, 7) is 11.8. The van der Waals surface area contributed by atoms with Crippen LogP contribution in [-0.4, -0.2) is 17.5 Å². The van der Waals surface area contributed by atoms with Crippen molar-refractivity contribution in [1.29, 1.82) is 0 Å². The normalized spacial score (nSPS) is 29.7. The Morgan fingerprint density at radius 2 is 2.11 bits per heavy atom. The lowest BCUT2D eigenvalue weighted by molar-refractivity contribution is 0.0725. The summed E-state index contributed by atoms with van der Waals surface area (Å²) >= 11 is 0. The summed E-state index contributed by atoms with van der Waals surface area (Å²) in [5.74, 6) is 3.48. The summed E-state index contributed by atoms with van der Waals surface area (Å²) in [6, 6.07) is 2.77. The highest BCUT2D eigenvalue weighted by atomic mass is 16.3. The maximum Gasteiger partial charge on any atom is 0.118 e. The van der Waals surface area contributed by atoms with Crippen molar-refractivity contribution in [1.82, 2.24) is 4.90 Å². The Labute approximate surface area is 110 Å². The van der Waals surface area contributed by atoms with Gasteiger partial charge in [-0.25, -0.2) is 0 Å². The Bertz CT molecular complexity index is 399. The van der Waals surface area contributed by atoms with Crippen molar-refractivity contribution in [2.24, 2.45) is 17.6 Å². The lowest BCUT2D eigenvalue weighted by atomic mass is 9.86. The van der Waals surface area contributed by atoms with E-state index in [-0.39, 0.29) is 0 Å². The van der Waals surface area contributed by atoms with Crippen LogP contribution in [0.1, 0.15) is 44.3 Å². The van der Waals surface area contributed by atoms with E-state index in [0.29, 0.717) is 12.6 Å². The van der Waals surface area contributed by atoms with Crippen LogP contribution in [0.2, 0.25) is 0 Å². The number of piperidine rings is 1. The van der Waals surface area contributed by atoms with E-state index in [9.17, 15) is 0 Å². The molecule has 0 aliphatic carbocycles. The van der Waals surface area contributed by atoms with Crippen molar-refractivity contribution >= 4 is 0 Å². The van der Waals surface area contributed by atoms with E-state index < -0.39 is 0 Å². The number of aryl methyl sites for hydroxylation is 1. The number of furan rings is 1. The molecule has 2 rings (SSSR count). The number of nitrogens with two attached hydrogens (primary N) is 1. The third-order valence-corrected chi connectivity index (χ3v) is 4.37. The standard InChI is InChI=1S/C15H26N2O/c1-10-5-11(2)12(3)17(8-10)9-14-6-15(7-16)18-13(14)4/h6,10-12H,5,7-9,16H2,1-4H3. The van der Waals surface area contributed by atoms with Crippen molar-refractivity contribution in [3.8, 4) is 0 Å². The minimum atomic E-state index is 0.489. The molecule has 3 heteroatoms. The van der Waals surface area contributed by atoms with Gasteiger partial charge in [0.1, 0.15) is 11.5 Å². The first-order valence-corrected chi connectivity index (χ1v) is 7.03. The van der Waals surface area contributed by atoms with Crippen LogP contribution in [0.25, 0.3) is 0 Å². The second-order valence-electron chi connectivity index (χ2n) is 5.99. The molecule has 1 aromatic heterocycles. The molecule has 1 aliphatic heterocycles. The van der Waals surface area contributed by atoms with Crippen LogP contribution in [0.15, 0.2) is 10.5 Å². The van der Waals surface area contributed by atoms with Crippen LogP contribution in [-0.2, 0) is 13.1 Å². The number of hydrogen-bond acceptors (Lipinski definition) is 3. The van der Waals surface area contributed by atoms with Gasteiger partial charge in [0.25, 0.3) is 0 Å². The van der Waals surface area contributed by atoms with Gasteiger partial charge in [-0.1, -0.05) is 13.8 Å². The highest BCUT2D eigenvalue weighted by Gasteiger charge is 2.29. The van der Waals surface area contributed by atoms with Gasteiger partial charge in [-0.2, -0.15) is 0 Å². The number of likely N-dealkylation sites (tertiary alicyclic amines) is 1. The summed E-state index contributed by atoms with van der Waals surface area (Å²) in [4.78, 5) is 2.58. The number of rotatable bonds is 3. The highest BCUT2D eigenvalue weighted by Crippen LogP contribution is 2.29. The fraction of sp³-hybridized carbons (Fsp3) is 0.733. The van der Waals surface area contributed by atoms with E-state index in [1.807, 2.05) is 6.92 Å². The first kappa shape index (κ1) is 13.6. The van der Waals surface area contributed by atoms with E-state index in [2.05, 4.69) is 31.7 Å². The summed E-state index contributed by atoms with van der Waals surface area (Å²) in [6.07, 6.45) is 1.34. The molecule has 1 fully saturated rings. The molecular weight excluding hydrogens is 224 g/mol. The molecule has 2 heterocycles. The summed E-state index contributed by atoms with van der Waals surface area (Å²) in [7, 11) is 0. The maximum atomic E-state index is 5.64. The molecule has 1 aliphatic rings. The van der Waals surface area contributed by atoms with Gasteiger partial charge in [0.2, 0.25) is 0 Å². The summed E-state index contributed by atoms with van der Waals surface area (Å²) < 4.78 is 5.64. The largest absolute Gasteiger partial charge is 0.465 e. The second kappa shape index (κ2) is 5.45. The average Bonchev–Trinajstić information content (AvgIpc) is 2.66. The molecule has 3 nitrogen and oxygen atoms in total. The zero-order valence-electron chi connectivity index (χ0n) is 12.1. The molecule has 102 valence electrons. The Morgan fingerprint density at radius 3 is 2.72 bits per heavy atom. The SMILES string of the molecule is Cc1oc(CN)cc1CN1CC(C)CC(C)C1C. The van der Waals surface area contributed by atoms with Gasteiger partial charge < -0.3 is 10.2 Å². The van der Waals surface area contributed by atoms with Crippen molar-refractivity contribution in [3.05, 3.63) is 23.2 Å². The van der Waals surface area contributed by atoms with Crippen molar-refractivity contribution in [3.63, 3.8) is 0 Å². The topological polar surface area (TPSA) is 42.4 Å². The number of nitrogens with zero attached hydrogens (tertiary/aromatic N) is 1. The fourth-order valence-corrected chi connectivity index (χ4v) is 3.11. The quantitative estimate of drug-likeness (QED) is 0.897. The lowest BCUT2D eigenvalue weighted by Crippen LogP contribution is -2.45. The molecule has 0 spiro atoms. The van der Waals surface area contributed by atoms with Gasteiger partial charge in [-0.3, -0.25) is 4.90 Å². The predicted octanol–water partition coefficient (Wildman–Crippen LogP) is 2.91.